The number of ether oxygens (including phenoxy) is 2. The first kappa shape index (κ1) is 58.2. The Bertz CT molecular complexity index is 1430. The van der Waals surface area contributed by atoms with Crippen molar-refractivity contribution in [1.29, 1.82) is 0 Å². The van der Waals surface area contributed by atoms with Crippen LogP contribution in [0.15, 0.2) is 85.1 Å². The number of allylic oxidation sites excluding steroid dienone is 11. The van der Waals surface area contributed by atoms with Crippen LogP contribution in [0.3, 0.4) is 0 Å². The number of phosphoric acid groups is 2. The van der Waals surface area contributed by atoms with Gasteiger partial charge in [0.15, 0.2) is 6.10 Å². The highest BCUT2D eigenvalue weighted by molar-refractivity contribution is 7.47. The van der Waals surface area contributed by atoms with E-state index in [1.807, 2.05) is 6.08 Å². The Labute approximate surface area is 363 Å². The van der Waals surface area contributed by atoms with Crippen molar-refractivity contribution in [1.82, 2.24) is 0 Å². The summed E-state index contributed by atoms with van der Waals surface area (Å²) in [6, 6.07) is 0. The maximum absolute atomic E-state index is 12.7. The fraction of sp³-hybridized carbons (Fsp3) is 0.636. The van der Waals surface area contributed by atoms with Crippen molar-refractivity contribution in [2.24, 2.45) is 0 Å². The van der Waals surface area contributed by atoms with Gasteiger partial charge in [0.25, 0.3) is 0 Å². The molecule has 350 valence electrons. The van der Waals surface area contributed by atoms with Crippen LogP contribution in [0.4, 0.5) is 0 Å². The minimum absolute atomic E-state index is 0.0890. The standard InChI is InChI=1S/C44H74O15P2/c1-3-5-7-9-11-12-13-14-15-16-17-18-19-21-27-33-43(48)55-37-42(38-58-61(53,54)57-36-41(47)35-56-60(50,51)52)59-44(49)34-28-32-40(46)31-26-23-22-25-30-39(45)29-24-20-10-8-6-4-2/h11-12,14-15,17-18,20,22-26,30-31,39-42,45-47H,3-10,13,16,19,21,27-29,32-38H2,1-2H3,(H,53,54)(H2,50,51,52)/b12-11-,15-14-,18-17-,23-22+,24-20-,30-25+,31-26-/t39-,40-,41-,42+/m0/s1. The number of hydrogen-bond acceptors (Lipinski definition) is 12. The predicted octanol–water partition coefficient (Wildman–Crippen LogP) is 8.72. The Kier molecular flexibility index (Phi) is 37.1. The number of rotatable bonds is 39. The highest BCUT2D eigenvalue weighted by Crippen LogP contribution is 2.43. The third-order valence-electron chi connectivity index (χ3n) is 8.44. The molecule has 0 aromatic heterocycles. The molecule has 0 aliphatic rings. The lowest BCUT2D eigenvalue weighted by atomic mass is 10.1. The van der Waals surface area contributed by atoms with Crippen molar-refractivity contribution in [3.8, 4) is 0 Å². The predicted molar refractivity (Wildman–Crippen MR) is 237 cm³/mol. The first-order chi connectivity index (χ1) is 29.2. The molecule has 0 bridgehead atoms. The quantitative estimate of drug-likeness (QED) is 0.0111. The molecular formula is C44H74O15P2. The molecule has 0 rings (SSSR count). The number of esters is 2. The Morgan fingerprint density at radius 1 is 0.557 bits per heavy atom. The average molecular weight is 905 g/mol. The first-order valence-electron chi connectivity index (χ1n) is 21.5. The van der Waals surface area contributed by atoms with Crippen molar-refractivity contribution in [2.75, 3.05) is 26.4 Å². The van der Waals surface area contributed by atoms with E-state index in [9.17, 15) is 38.9 Å². The van der Waals surface area contributed by atoms with Gasteiger partial charge in [0.1, 0.15) is 12.7 Å². The molecule has 0 aliphatic carbocycles. The van der Waals surface area contributed by atoms with Crippen molar-refractivity contribution >= 4 is 27.6 Å². The van der Waals surface area contributed by atoms with E-state index in [1.54, 1.807) is 36.5 Å². The van der Waals surface area contributed by atoms with Gasteiger partial charge in [-0.3, -0.25) is 23.2 Å². The molecule has 0 fully saturated rings. The van der Waals surface area contributed by atoms with Crippen LogP contribution in [0, 0.1) is 0 Å². The van der Waals surface area contributed by atoms with E-state index in [4.69, 9.17) is 23.8 Å². The normalized spacial score (nSPS) is 15.9. The minimum atomic E-state index is -4.90. The molecule has 0 amide bonds. The summed E-state index contributed by atoms with van der Waals surface area (Å²) < 4.78 is 47.5. The number of hydrogen-bond donors (Lipinski definition) is 6. The van der Waals surface area contributed by atoms with Crippen LogP contribution in [0.2, 0.25) is 0 Å². The van der Waals surface area contributed by atoms with Crippen molar-refractivity contribution in [3.63, 3.8) is 0 Å². The molecule has 5 atom stereocenters. The summed E-state index contributed by atoms with van der Waals surface area (Å²) in [7, 11) is -9.79. The lowest BCUT2D eigenvalue weighted by Gasteiger charge is -2.20. The van der Waals surface area contributed by atoms with E-state index in [2.05, 4.69) is 65.4 Å². The van der Waals surface area contributed by atoms with Crippen LogP contribution in [-0.4, -0.2) is 92.8 Å². The second kappa shape index (κ2) is 38.9. The summed E-state index contributed by atoms with van der Waals surface area (Å²) in [5.74, 6) is -1.33. The van der Waals surface area contributed by atoms with E-state index in [-0.39, 0.29) is 25.7 Å². The van der Waals surface area contributed by atoms with E-state index >= 15 is 0 Å². The van der Waals surface area contributed by atoms with Gasteiger partial charge < -0.3 is 39.5 Å². The van der Waals surface area contributed by atoms with Gasteiger partial charge in [-0.15, -0.1) is 0 Å². The van der Waals surface area contributed by atoms with Gasteiger partial charge in [-0.1, -0.05) is 125 Å². The topological polar surface area (TPSA) is 236 Å². The Hall–Kier alpha value is -2.78. The Balaban J connectivity index is 4.87. The van der Waals surface area contributed by atoms with Crippen molar-refractivity contribution in [2.45, 2.75) is 154 Å². The number of aliphatic hydroxyl groups excluding tert-OH is 3. The van der Waals surface area contributed by atoms with Crippen LogP contribution in [-0.2, 0) is 41.8 Å². The minimum Gasteiger partial charge on any atom is -0.462 e. The number of aliphatic hydroxyl groups is 3. The van der Waals surface area contributed by atoms with Crippen LogP contribution in [0.25, 0.3) is 0 Å². The Morgan fingerprint density at radius 3 is 1.66 bits per heavy atom. The zero-order valence-corrected chi connectivity index (χ0v) is 38.0. The molecule has 1 unspecified atom stereocenters. The molecule has 0 spiro atoms. The molecule has 0 aliphatic heterocycles. The van der Waals surface area contributed by atoms with Crippen molar-refractivity contribution in [3.05, 3.63) is 85.1 Å². The van der Waals surface area contributed by atoms with Gasteiger partial charge in [0.2, 0.25) is 0 Å². The van der Waals surface area contributed by atoms with Crippen LogP contribution in [0.1, 0.15) is 129 Å². The number of carbonyl (C=O) groups is 2. The van der Waals surface area contributed by atoms with Gasteiger partial charge >= 0.3 is 27.6 Å². The highest BCUT2D eigenvalue weighted by atomic mass is 31.2. The third-order valence-corrected chi connectivity index (χ3v) is 9.87. The van der Waals surface area contributed by atoms with Gasteiger partial charge in [-0.2, -0.15) is 0 Å². The van der Waals surface area contributed by atoms with Crippen LogP contribution >= 0.6 is 15.6 Å². The van der Waals surface area contributed by atoms with Crippen LogP contribution < -0.4 is 0 Å². The lowest BCUT2D eigenvalue weighted by Crippen LogP contribution is -2.30. The number of phosphoric ester groups is 2. The summed E-state index contributed by atoms with van der Waals surface area (Å²) in [4.78, 5) is 52.7. The average Bonchev–Trinajstić information content (AvgIpc) is 3.21. The molecular weight excluding hydrogens is 830 g/mol. The molecule has 15 nitrogen and oxygen atoms in total. The molecule has 0 heterocycles. The van der Waals surface area contributed by atoms with E-state index in [1.165, 1.54) is 32.1 Å². The molecule has 61 heavy (non-hydrogen) atoms. The maximum atomic E-state index is 12.7. The molecule has 0 radical (unpaired) electrons. The lowest BCUT2D eigenvalue weighted by molar-refractivity contribution is -0.161. The first-order valence-corrected chi connectivity index (χ1v) is 24.5. The van der Waals surface area contributed by atoms with Crippen molar-refractivity contribution < 1.29 is 71.8 Å². The second-order valence-electron chi connectivity index (χ2n) is 14.3. The second-order valence-corrected chi connectivity index (χ2v) is 17.0. The number of carbonyl (C=O) groups excluding carboxylic acids is 2. The Morgan fingerprint density at radius 2 is 1.07 bits per heavy atom. The number of unbranched alkanes of at least 4 members (excludes halogenated alkanes) is 8. The smallest absolute Gasteiger partial charge is 0.462 e. The maximum Gasteiger partial charge on any atom is 0.472 e. The fourth-order valence-electron chi connectivity index (χ4n) is 5.08. The molecule has 17 heteroatoms. The van der Waals surface area contributed by atoms with Gasteiger partial charge in [-0.25, -0.2) is 9.13 Å². The largest absolute Gasteiger partial charge is 0.472 e. The highest BCUT2D eigenvalue weighted by Gasteiger charge is 2.28. The van der Waals surface area contributed by atoms with Gasteiger partial charge in [0, 0.05) is 12.8 Å². The van der Waals surface area contributed by atoms with Gasteiger partial charge in [0.05, 0.1) is 32.0 Å². The summed E-state index contributed by atoms with van der Waals surface area (Å²) in [6.45, 7) is 1.32. The van der Waals surface area contributed by atoms with E-state index < -0.39 is 78.4 Å². The molecule has 0 aromatic carbocycles. The summed E-state index contributed by atoms with van der Waals surface area (Å²) in [5.41, 5.74) is 0. The third kappa shape index (κ3) is 42.3. The zero-order chi connectivity index (χ0) is 45.5. The molecule has 6 N–H and O–H groups in total. The summed E-state index contributed by atoms with van der Waals surface area (Å²) >= 11 is 0. The molecule has 0 aromatic rings. The van der Waals surface area contributed by atoms with Crippen LogP contribution in [0.5, 0.6) is 0 Å². The summed E-state index contributed by atoms with van der Waals surface area (Å²) in [6.07, 6.45) is 36.4. The molecule has 0 saturated carbocycles. The van der Waals surface area contributed by atoms with E-state index in [0.717, 1.165) is 44.9 Å². The molecule has 0 saturated heterocycles. The van der Waals surface area contributed by atoms with E-state index in [0.29, 0.717) is 12.8 Å². The fourth-order valence-corrected chi connectivity index (χ4v) is 6.23. The van der Waals surface area contributed by atoms with Gasteiger partial charge in [-0.05, 0) is 77.0 Å². The monoisotopic (exact) mass is 904 g/mol. The summed E-state index contributed by atoms with van der Waals surface area (Å²) in [5, 5.41) is 30.1. The zero-order valence-electron chi connectivity index (χ0n) is 36.2. The SMILES string of the molecule is CCCCC/C=C\C/C=C\C/C=C\CCCCC(=O)OC[C@H](COP(=O)(O)OC[C@@H](O)COP(=O)(O)O)OC(=O)CCC[C@@H](O)\C=C/C=C/C=C/[C@@H](O)C/C=C\CCCCC.